The fraction of sp³-hybridized carbons (Fsp3) is 0.263. The number of halogens is 3. The molecule has 2 aromatic heterocycles. The second-order valence-corrected chi connectivity index (χ2v) is 7.55. The van der Waals surface area contributed by atoms with Gasteiger partial charge in [0.25, 0.3) is 5.91 Å². The predicted octanol–water partition coefficient (Wildman–Crippen LogP) is 5.52. The second-order valence-electron chi connectivity index (χ2n) is 6.09. The molecule has 0 spiro atoms. The molecule has 0 saturated heterocycles. The highest BCUT2D eigenvalue weighted by atomic mass is 32.1. The Morgan fingerprint density at radius 2 is 1.96 bits per heavy atom. The Kier molecular flexibility index (Phi) is 5.10. The van der Waals surface area contributed by atoms with E-state index in [1.165, 1.54) is 12.1 Å². The maximum absolute atomic E-state index is 12.8. The summed E-state index contributed by atoms with van der Waals surface area (Å²) in [6, 6.07) is 8.24. The molecule has 0 aliphatic rings. The van der Waals surface area contributed by atoms with Gasteiger partial charge in [-0.15, -0.1) is 11.3 Å². The molecule has 142 valence electrons. The van der Waals surface area contributed by atoms with Crippen molar-refractivity contribution in [2.24, 2.45) is 0 Å². The van der Waals surface area contributed by atoms with Crippen molar-refractivity contribution in [2.75, 3.05) is 5.32 Å². The number of anilines is 1. The van der Waals surface area contributed by atoms with E-state index in [4.69, 9.17) is 0 Å². The summed E-state index contributed by atoms with van der Waals surface area (Å²) in [5, 5.41) is 6.80. The number of nitrogens with one attached hydrogen (secondary N) is 1. The van der Waals surface area contributed by atoms with Crippen LogP contribution in [0.3, 0.4) is 0 Å². The molecular weight excluding hydrogens is 375 g/mol. The Bertz CT molecular complexity index is 988. The summed E-state index contributed by atoms with van der Waals surface area (Å²) in [6.45, 7) is 6.50. The van der Waals surface area contributed by atoms with Crippen molar-refractivity contribution in [1.29, 1.82) is 0 Å². The fourth-order valence-electron chi connectivity index (χ4n) is 2.84. The Morgan fingerprint density at radius 1 is 1.22 bits per heavy atom. The number of aryl methyl sites for hydroxylation is 3. The first-order valence-electron chi connectivity index (χ1n) is 8.33. The van der Waals surface area contributed by atoms with Gasteiger partial charge in [-0.2, -0.15) is 18.3 Å². The van der Waals surface area contributed by atoms with Crippen LogP contribution in [0.5, 0.6) is 0 Å². The zero-order valence-electron chi connectivity index (χ0n) is 15.0. The number of hydrogen-bond acceptors (Lipinski definition) is 3. The number of carbonyl (C=O) groups excluding carboxylic acids is 1. The van der Waals surface area contributed by atoms with Crippen molar-refractivity contribution in [3.05, 3.63) is 57.4 Å². The van der Waals surface area contributed by atoms with Crippen LogP contribution in [-0.2, 0) is 12.7 Å². The van der Waals surface area contributed by atoms with E-state index in [9.17, 15) is 18.0 Å². The number of aromatic nitrogens is 2. The molecule has 0 unspecified atom stereocenters. The highest BCUT2D eigenvalue weighted by Gasteiger charge is 2.30. The molecular formula is C19H18F3N3OS. The average molecular weight is 393 g/mol. The van der Waals surface area contributed by atoms with Crippen LogP contribution >= 0.6 is 11.3 Å². The van der Waals surface area contributed by atoms with E-state index in [0.29, 0.717) is 6.54 Å². The lowest BCUT2D eigenvalue weighted by Crippen LogP contribution is -2.14. The lowest BCUT2D eigenvalue weighted by atomic mass is 10.1. The smallest absolute Gasteiger partial charge is 0.321 e. The van der Waals surface area contributed by atoms with E-state index >= 15 is 0 Å². The molecule has 1 amide bonds. The largest absolute Gasteiger partial charge is 0.416 e. The van der Waals surface area contributed by atoms with Crippen LogP contribution < -0.4 is 5.32 Å². The number of benzene rings is 1. The van der Waals surface area contributed by atoms with Crippen LogP contribution in [0.2, 0.25) is 0 Å². The molecule has 0 atom stereocenters. The van der Waals surface area contributed by atoms with Crippen molar-refractivity contribution < 1.29 is 18.0 Å². The molecule has 2 heterocycles. The third-order valence-corrected chi connectivity index (χ3v) is 5.04. The predicted molar refractivity (Wildman–Crippen MR) is 100 cm³/mol. The Hall–Kier alpha value is -2.61. The molecule has 27 heavy (non-hydrogen) atoms. The van der Waals surface area contributed by atoms with Crippen molar-refractivity contribution in [3.63, 3.8) is 0 Å². The minimum Gasteiger partial charge on any atom is -0.321 e. The molecule has 1 aromatic carbocycles. The molecule has 3 aromatic rings. The van der Waals surface area contributed by atoms with Crippen LogP contribution in [0.1, 0.15) is 32.7 Å². The van der Waals surface area contributed by atoms with Crippen molar-refractivity contribution >= 4 is 22.9 Å². The standard InChI is InChI=1S/C19H18F3N3OS/c1-4-25-17(15-8-11(2)27-12(15)3)10-16(24-25)18(26)23-14-7-5-6-13(9-14)19(20,21)22/h5-10H,4H2,1-3H3,(H,23,26). The highest BCUT2D eigenvalue weighted by molar-refractivity contribution is 7.12. The van der Waals surface area contributed by atoms with Gasteiger partial charge in [-0.05, 0) is 51.1 Å². The van der Waals surface area contributed by atoms with E-state index in [0.717, 1.165) is 33.1 Å². The number of rotatable bonds is 4. The van der Waals surface area contributed by atoms with Crippen LogP contribution in [0.4, 0.5) is 18.9 Å². The maximum Gasteiger partial charge on any atom is 0.416 e. The molecule has 3 rings (SSSR count). The molecule has 0 aliphatic heterocycles. The number of nitrogens with zero attached hydrogens (tertiary/aromatic N) is 2. The van der Waals surface area contributed by atoms with E-state index < -0.39 is 17.6 Å². The molecule has 8 heteroatoms. The number of carbonyl (C=O) groups is 1. The minimum atomic E-state index is -4.47. The van der Waals surface area contributed by atoms with Gasteiger partial charge in [-0.25, -0.2) is 0 Å². The van der Waals surface area contributed by atoms with Gasteiger partial charge in [0.1, 0.15) is 0 Å². The fourth-order valence-corrected chi connectivity index (χ4v) is 3.77. The molecule has 0 fully saturated rings. The number of thiophene rings is 1. The SMILES string of the molecule is CCn1nc(C(=O)Nc2cccc(C(F)(F)F)c2)cc1-c1cc(C)sc1C. The maximum atomic E-state index is 12.8. The third-order valence-electron chi connectivity index (χ3n) is 4.08. The molecule has 0 radical (unpaired) electrons. The van der Waals surface area contributed by atoms with Gasteiger partial charge >= 0.3 is 6.18 Å². The van der Waals surface area contributed by atoms with Gasteiger partial charge in [0, 0.05) is 27.5 Å². The first-order valence-corrected chi connectivity index (χ1v) is 9.14. The molecule has 0 aliphatic carbocycles. The number of hydrogen-bond donors (Lipinski definition) is 1. The summed E-state index contributed by atoms with van der Waals surface area (Å²) < 4.78 is 40.2. The highest BCUT2D eigenvalue weighted by Crippen LogP contribution is 2.32. The normalized spacial score (nSPS) is 11.6. The molecule has 1 N–H and O–H groups in total. The van der Waals surface area contributed by atoms with Crippen molar-refractivity contribution in [1.82, 2.24) is 9.78 Å². The van der Waals surface area contributed by atoms with Crippen LogP contribution in [0.15, 0.2) is 36.4 Å². The van der Waals surface area contributed by atoms with Gasteiger partial charge in [0.05, 0.1) is 11.3 Å². The zero-order chi connectivity index (χ0) is 19.8. The number of amides is 1. The third kappa shape index (κ3) is 4.05. The molecule has 0 saturated carbocycles. The van der Waals surface area contributed by atoms with Crippen molar-refractivity contribution in [2.45, 2.75) is 33.5 Å². The summed E-state index contributed by atoms with van der Waals surface area (Å²) in [5.41, 5.74) is 1.24. The Labute approximate surface area is 158 Å². The van der Waals surface area contributed by atoms with Gasteiger partial charge in [-0.1, -0.05) is 6.07 Å². The summed E-state index contributed by atoms with van der Waals surface area (Å²) in [7, 11) is 0. The Morgan fingerprint density at radius 3 is 2.56 bits per heavy atom. The molecule has 0 bridgehead atoms. The van der Waals surface area contributed by atoms with E-state index in [1.807, 2.05) is 26.8 Å². The van der Waals surface area contributed by atoms with E-state index in [2.05, 4.69) is 10.4 Å². The van der Waals surface area contributed by atoms with Crippen LogP contribution in [0, 0.1) is 13.8 Å². The van der Waals surface area contributed by atoms with Gasteiger partial charge in [0.2, 0.25) is 0 Å². The van der Waals surface area contributed by atoms with Gasteiger partial charge in [-0.3, -0.25) is 9.48 Å². The van der Waals surface area contributed by atoms with Crippen LogP contribution in [-0.4, -0.2) is 15.7 Å². The first-order chi connectivity index (χ1) is 12.7. The first kappa shape index (κ1) is 19.2. The number of alkyl halides is 3. The zero-order valence-corrected chi connectivity index (χ0v) is 15.8. The Balaban J connectivity index is 1.89. The lowest BCUT2D eigenvalue weighted by Gasteiger charge is -2.09. The topological polar surface area (TPSA) is 46.9 Å². The minimum absolute atomic E-state index is 0.0741. The van der Waals surface area contributed by atoms with Crippen molar-refractivity contribution in [3.8, 4) is 11.3 Å². The summed E-state index contributed by atoms with van der Waals surface area (Å²) in [6.07, 6.45) is -4.47. The van der Waals surface area contributed by atoms with E-state index in [1.54, 1.807) is 22.1 Å². The quantitative estimate of drug-likeness (QED) is 0.634. The second kappa shape index (κ2) is 7.19. The van der Waals surface area contributed by atoms with Crippen LogP contribution in [0.25, 0.3) is 11.3 Å². The molecule has 4 nitrogen and oxygen atoms in total. The van der Waals surface area contributed by atoms with E-state index in [-0.39, 0.29) is 11.4 Å². The average Bonchev–Trinajstić information content (AvgIpc) is 3.16. The van der Waals surface area contributed by atoms with Gasteiger partial charge in [0.15, 0.2) is 5.69 Å². The summed E-state index contributed by atoms with van der Waals surface area (Å²) >= 11 is 1.66. The van der Waals surface area contributed by atoms with Gasteiger partial charge < -0.3 is 5.32 Å². The summed E-state index contributed by atoms with van der Waals surface area (Å²) in [4.78, 5) is 14.8. The monoisotopic (exact) mass is 393 g/mol. The lowest BCUT2D eigenvalue weighted by molar-refractivity contribution is -0.137. The summed E-state index contributed by atoms with van der Waals surface area (Å²) in [5.74, 6) is -0.549.